The summed E-state index contributed by atoms with van der Waals surface area (Å²) >= 11 is 1.67. The van der Waals surface area contributed by atoms with Gasteiger partial charge in [0.15, 0.2) is 5.13 Å². The molecule has 0 radical (unpaired) electrons. The Morgan fingerprint density at radius 2 is 1.95 bits per heavy atom. The lowest BCUT2D eigenvalue weighted by Crippen LogP contribution is -2.44. The number of likely N-dealkylation sites (N-methyl/N-ethyl adjacent to an activating group) is 1. The van der Waals surface area contributed by atoms with Crippen molar-refractivity contribution in [2.75, 3.05) is 38.1 Å². The molecular weight excluding hydrogens is 286 g/mol. The van der Waals surface area contributed by atoms with Crippen LogP contribution in [0.3, 0.4) is 0 Å². The Balaban J connectivity index is 1.82. The van der Waals surface area contributed by atoms with Crippen LogP contribution in [0.1, 0.15) is 0 Å². The number of rotatable bonds is 1. The van der Waals surface area contributed by atoms with Gasteiger partial charge < -0.3 is 14.2 Å². The van der Waals surface area contributed by atoms with E-state index in [0.29, 0.717) is 5.58 Å². The number of hydrogen-bond donors (Lipinski definition) is 0. The lowest BCUT2D eigenvalue weighted by Gasteiger charge is -2.32. The molecule has 4 rings (SSSR count). The van der Waals surface area contributed by atoms with Gasteiger partial charge in [0, 0.05) is 37.6 Å². The number of fused-ring (bicyclic) bond motifs is 3. The zero-order valence-corrected chi connectivity index (χ0v) is 12.5. The van der Waals surface area contributed by atoms with Crippen LogP contribution in [-0.4, -0.2) is 43.1 Å². The van der Waals surface area contributed by atoms with Crippen molar-refractivity contribution in [2.24, 2.45) is 0 Å². The molecule has 0 unspecified atom stereocenters. The molecule has 2 aromatic heterocycles. The maximum atomic E-state index is 11.3. The van der Waals surface area contributed by atoms with Gasteiger partial charge in [-0.2, -0.15) is 0 Å². The quantitative estimate of drug-likeness (QED) is 0.645. The van der Waals surface area contributed by atoms with Gasteiger partial charge in [-0.3, -0.25) is 0 Å². The van der Waals surface area contributed by atoms with Crippen LogP contribution in [-0.2, 0) is 0 Å². The summed E-state index contributed by atoms with van der Waals surface area (Å²) in [5.74, 6) is 0. The summed E-state index contributed by atoms with van der Waals surface area (Å²) in [6.45, 7) is 4.13. The first-order chi connectivity index (χ1) is 10.2. The van der Waals surface area contributed by atoms with Crippen molar-refractivity contribution in [3.63, 3.8) is 0 Å². The summed E-state index contributed by atoms with van der Waals surface area (Å²) < 4.78 is 6.33. The summed E-state index contributed by atoms with van der Waals surface area (Å²) in [4.78, 5) is 20.7. The zero-order chi connectivity index (χ0) is 14.4. The zero-order valence-electron chi connectivity index (χ0n) is 11.7. The number of piperazine rings is 1. The molecule has 108 valence electrons. The van der Waals surface area contributed by atoms with E-state index in [9.17, 15) is 4.79 Å². The molecule has 5 nitrogen and oxygen atoms in total. The van der Waals surface area contributed by atoms with Crippen molar-refractivity contribution in [2.45, 2.75) is 0 Å². The Kier molecular flexibility index (Phi) is 2.94. The first-order valence-corrected chi connectivity index (χ1v) is 7.79. The fraction of sp³-hybridized carbons (Fsp3) is 0.333. The molecule has 6 heteroatoms. The Labute approximate surface area is 125 Å². The van der Waals surface area contributed by atoms with Crippen LogP contribution in [0, 0.1) is 0 Å². The third-order valence-corrected chi connectivity index (χ3v) is 5.08. The fourth-order valence-electron chi connectivity index (χ4n) is 2.66. The SMILES string of the molecule is CN1CCN(c2nc3ccc4oc(=O)ccc4c3s2)CC1. The van der Waals surface area contributed by atoms with Crippen molar-refractivity contribution in [3.05, 3.63) is 34.7 Å². The first-order valence-electron chi connectivity index (χ1n) is 6.97. The topological polar surface area (TPSA) is 49.6 Å². The predicted octanol–water partition coefficient (Wildman–Crippen LogP) is 2.15. The van der Waals surface area contributed by atoms with Crippen LogP contribution >= 0.6 is 11.3 Å². The molecule has 0 saturated carbocycles. The molecule has 1 aliphatic heterocycles. The van der Waals surface area contributed by atoms with Crippen LogP contribution in [0.4, 0.5) is 5.13 Å². The minimum atomic E-state index is -0.314. The van der Waals surface area contributed by atoms with Crippen LogP contribution in [0.15, 0.2) is 33.5 Å². The van der Waals surface area contributed by atoms with E-state index in [1.165, 1.54) is 6.07 Å². The van der Waals surface area contributed by atoms with Crippen molar-refractivity contribution in [1.29, 1.82) is 0 Å². The molecule has 3 heterocycles. The van der Waals surface area contributed by atoms with Crippen LogP contribution in [0.25, 0.3) is 21.2 Å². The van der Waals surface area contributed by atoms with Gasteiger partial charge >= 0.3 is 5.63 Å². The van der Waals surface area contributed by atoms with E-state index in [4.69, 9.17) is 9.40 Å². The molecule has 0 aliphatic carbocycles. The lowest BCUT2D eigenvalue weighted by molar-refractivity contribution is 0.313. The second-order valence-electron chi connectivity index (χ2n) is 5.37. The molecule has 0 amide bonds. The highest BCUT2D eigenvalue weighted by atomic mass is 32.1. The number of thiazole rings is 1. The van der Waals surface area contributed by atoms with Crippen molar-refractivity contribution >= 4 is 37.7 Å². The Bertz CT molecular complexity index is 862. The molecule has 0 N–H and O–H groups in total. The van der Waals surface area contributed by atoms with Gasteiger partial charge in [-0.15, -0.1) is 0 Å². The predicted molar refractivity (Wildman–Crippen MR) is 85.4 cm³/mol. The molecule has 0 bridgehead atoms. The van der Waals surface area contributed by atoms with Crippen molar-refractivity contribution < 1.29 is 4.42 Å². The third-order valence-electron chi connectivity index (χ3n) is 3.92. The third kappa shape index (κ3) is 2.20. The highest BCUT2D eigenvalue weighted by Gasteiger charge is 2.18. The second-order valence-corrected chi connectivity index (χ2v) is 6.34. The molecular formula is C15H15N3O2S. The van der Waals surface area contributed by atoms with Gasteiger partial charge in [0.25, 0.3) is 0 Å². The van der Waals surface area contributed by atoms with E-state index >= 15 is 0 Å². The van der Waals surface area contributed by atoms with Crippen molar-refractivity contribution in [3.8, 4) is 0 Å². The molecule has 0 atom stereocenters. The normalized spacial score (nSPS) is 16.9. The molecule has 0 spiro atoms. The van der Waals surface area contributed by atoms with Crippen LogP contribution in [0.5, 0.6) is 0 Å². The average molecular weight is 301 g/mol. The van der Waals surface area contributed by atoms with Gasteiger partial charge in [-0.1, -0.05) is 11.3 Å². The van der Waals surface area contributed by atoms with Gasteiger partial charge in [0.1, 0.15) is 5.58 Å². The molecule has 1 saturated heterocycles. The van der Waals surface area contributed by atoms with Gasteiger partial charge in [-0.25, -0.2) is 9.78 Å². The largest absolute Gasteiger partial charge is 0.423 e. The number of hydrogen-bond acceptors (Lipinski definition) is 6. The lowest BCUT2D eigenvalue weighted by atomic mass is 10.2. The maximum absolute atomic E-state index is 11.3. The molecule has 1 aliphatic rings. The summed E-state index contributed by atoms with van der Waals surface area (Å²) in [7, 11) is 2.14. The molecule has 21 heavy (non-hydrogen) atoms. The fourth-order valence-corrected chi connectivity index (χ4v) is 3.79. The smallest absolute Gasteiger partial charge is 0.336 e. The van der Waals surface area contributed by atoms with E-state index in [1.807, 2.05) is 18.2 Å². The number of aromatic nitrogens is 1. The van der Waals surface area contributed by atoms with E-state index < -0.39 is 0 Å². The Hall–Kier alpha value is -1.92. The monoisotopic (exact) mass is 301 g/mol. The minimum absolute atomic E-state index is 0.314. The summed E-state index contributed by atoms with van der Waals surface area (Å²) in [6.07, 6.45) is 0. The van der Waals surface area contributed by atoms with Gasteiger partial charge in [0.05, 0.1) is 10.2 Å². The Morgan fingerprint density at radius 3 is 2.76 bits per heavy atom. The van der Waals surface area contributed by atoms with E-state index in [1.54, 1.807) is 11.3 Å². The summed E-state index contributed by atoms with van der Waals surface area (Å²) in [5.41, 5.74) is 1.28. The molecule has 3 aromatic rings. The summed E-state index contributed by atoms with van der Waals surface area (Å²) in [6, 6.07) is 7.05. The highest BCUT2D eigenvalue weighted by molar-refractivity contribution is 7.23. The van der Waals surface area contributed by atoms with Crippen LogP contribution < -0.4 is 10.5 Å². The number of benzene rings is 1. The highest BCUT2D eigenvalue weighted by Crippen LogP contribution is 2.34. The molecule has 1 aromatic carbocycles. The standard InChI is InChI=1S/C15H15N3O2S/c1-17-6-8-18(9-7-17)15-16-11-3-4-12-10(14(11)21-15)2-5-13(19)20-12/h2-5H,6-9H2,1H3. The minimum Gasteiger partial charge on any atom is -0.423 e. The first kappa shape index (κ1) is 12.8. The average Bonchev–Trinajstić information content (AvgIpc) is 2.92. The van der Waals surface area contributed by atoms with Crippen LogP contribution in [0.2, 0.25) is 0 Å². The van der Waals surface area contributed by atoms with Gasteiger partial charge in [0.2, 0.25) is 0 Å². The van der Waals surface area contributed by atoms with Gasteiger partial charge in [-0.05, 0) is 25.2 Å². The summed E-state index contributed by atoms with van der Waals surface area (Å²) in [5, 5.41) is 2.02. The van der Waals surface area contributed by atoms with E-state index in [0.717, 1.165) is 46.9 Å². The molecule has 1 fully saturated rings. The van der Waals surface area contributed by atoms with E-state index in [2.05, 4.69) is 16.8 Å². The number of nitrogens with zero attached hydrogens (tertiary/aromatic N) is 3. The second kappa shape index (κ2) is 4.82. The maximum Gasteiger partial charge on any atom is 0.336 e. The Morgan fingerprint density at radius 1 is 1.14 bits per heavy atom. The van der Waals surface area contributed by atoms with Crippen molar-refractivity contribution in [1.82, 2.24) is 9.88 Å². The van der Waals surface area contributed by atoms with E-state index in [-0.39, 0.29) is 5.63 Å². The number of anilines is 1.